The van der Waals surface area contributed by atoms with Gasteiger partial charge in [-0.15, -0.1) is 0 Å². The number of aryl methyl sites for hydroxylation is 2. The Hall–Kier alpha value is -2.08. The lowest BCUT2D eigenvalue weighted by Crippen LogP contribution is -1.90. The molecule has 0 atom stereocenters. The zero-order valence-corrected chi connectivity index (χ0v) is 12.3. The maximum Gasteiger partial charge on any atom is -0.0181 e. The molecule has 0 heterocycles. The number of hydrogen-bond acceptors (Lipinski definition) is 0. The molecule has 0 spiro atoms. The molecule has 3 rings (SSSR count). The van der Waals surface area contributed by atoms with Crippen LogP contribution in [0.15, 0.2) is 72.8 Å². The molecular formula is C20H22. The molecule has 0 nitrogen and oxygen atoms in total. The minimum absolute atomic E-state index is 1.11. The molecule has 0 amide bonds. The molecule has 0 unspecified atom stereocenters. The van der Waals surface area contributed by atoms with Gasteiger partial charge in [-0.3, -0.25) is 0 Å². The smallest absolute Gasteiger partial charge is 0.0181 e. The van der Waals surface area contributed by atoms with Crippen LogP contribution >= 0.6 is 0 Å². The van der Waals surface area contributed by atoms with Gasteiger partial charge in [-0.1, -0.05) is 86.6 Å². The lowest BCUT2D eigenvalue weighted by atomic mass is 10.0. The van der Waals surface area contributed by atoms with E-state index in [9.17, 15) is 0 Å². The van der Waals surface area contributed by atoms with E-state index in [1.54, 1.807) is 0 Å². The Morgan fingerprint density at radius 2 is 1.15 bits per heavy atom. The van der Waals surface area contributed by atoms with Gasteiger partial charge < -0.3 is 0 Å². The molecule has 0 saturated carbocycles. The van der Waals surface area contributed by atoms with E-state index < -0.39 is 0 Å². The van der Waals surface area contributed by atoms with Crippen LogP contribution in [0.25, 0.3) is 10.8 Å². The highest BCUT2D eigenvalue weighted by molar-refractivity contribution is 5.82. The van der Waals surface area contributed by atoms with Gasteiger partial charge in [0.1, 0.15) is 0 Å². The number of rotatable bonds is 3. The van der Waals surface area contributed by atoms with Gasteiger partial charge in [0.15, 0.2) is 0 Å². The quantitative estimate of drug-likeness (QED) is 0.572. The summed E-state index contributed by atoms with van der Waals surface area (Å²) in [7, 11) is 0. The van der Waals surface area contributed by atoms with E-state index in [2.05, 4.69) is 72.8 Å². The van der Waals surface area contributed by atoms with Crippen molar-refractivity contribution in [1.82, 2.24) is 0 Å². The Morgan fingerprint density at radius 3 is 1.90 bits per heavy atom. The SMILES string of the molecule is CC.c1ccc(CCc2ccc3ccccc3c2)cc1. The van der Waals surface area contributed by atoms with Crippen LogP contribution in [0.2, 0.25) is 0 Å². The number of hydrogen-bond donors (Lipinski definition) is 0. The van der Waals surface area contributed by atoms with Gasteiger partial charge in [-0.05, 0) is 34.7 Å². The maximum atomic E-state index is 2.30. The van der Waals surface area contributed by atoms with Crippen LogP contribution in [0.4, 0.5) is 0 Å². The van der Waals surface area contributed by atoms with E-state index in [4.69, 9.17) is 0 Å². The summed E-state index contributed by atoms with van der Waals surface area (Å²) in [5, 5.41) is 2.66. The maximum absolute atomic E-state index is 2.30. The van der Waals surface area contributed by atoms with Crippen LogP contribution in [-0.4, -0.2) is 0 Å². The Morgan fingerprint density at radius 1 is 0.550 bits per heavy atom. The van der Waals surface area contributed by atoms with E-state index in [0.29, 0.717) is 0 Å². The van der Waals surface area contributed by atoms with Crippen molar-refractivity contribution in [3.63, 3.8) is 0 Å². The van der Waals surface area contributed by atoms with E-state index in [0.717, 1.165) is 12.8 Å². The molecule has 0 saturated heterocycles. The molecule has 3 aromatic rings. The molecule has 0 aliphatic heterocycles. The molecule has 20 heavy (non-hydrogen) atoms. The monoisotopic (exact) mass is 262 g/mol. The van der Waals surface area contributed by atoms with Gasteiger partial charge in [0, 0.05) is 0 Å². The van der Waals surface area contributed by atoms with Gasteiger partial charge in [-0.25, -0.2) is 0 Å². The molecule has 3 aromatic carbocycles. The zero-order chi connectivity index (χ0) is 14.2. The highest BCUT2D eigenvalue weighted by Gasteiger charge is 1.97. The topological polar surface area (TPSA) is 0 Å². The van der Waals surface area contributed by atoms with Gasteiger partial charge in [0.25, 0.3) is 0 Å². The molecule has 0 fully saturated rings. The largest absolute Gasteiger partial charge is 0.0683 e. The molecule has 0 radical (unpaired) electrons. The normalized spacial score (nSPS) is 9.90. The van der Waals surface area contributed by atoms with Gasteiger partial charge in [-0.2, -0.15) is 0 Å². The lowest BCUT2D eigenvalue weighted by molar-refractivity contribution is 0.962. The van der Waals surface area contributed by atoms with Crippen molar-refractivity contribution in [1.29, 1.82) is 0 Å². The average molecular weight is 262 g/mol. The molecule has 0 aromatic heterocycles. The minimum atomic E-state index is 1.11. The summed E-state index contributed by atoms with van der Waals surface area (Å²) in [6.45, 7) is 4.00. The Kier molecular flexibility index (Phi) is 5.37. The highest BCUT2D eigenvalue weighted by atomic mass is 14.0. The third-order valence-electron chi connectivity index (χ3n) is 3.36. The van der Waals surface area contributed by atoms with Crippen molar-refractivity contribution in [2.24, 2.45) is 0 Å². The van der Waals surface area contributed by atoms with E-state index in [1.807, 2.05) is 13.8 Å². The first-order chi connectivity index (χ1) is 9.92. The highest BCUT2D eigenvalue weighted by Crippen LogP contribution is 2.17. The zero-order valence-electron chi connectivity index (χ0n) is 12.3. The fraction of sp³-hybridized carbons (Fsp3) is 0.200. The third-order valence-corrected chi connectivity index (χ3v) is 3.36. The van der Waals surface area contributed by atoms with E-state index in [-0.39, 0.29) is 0 Å². The molecule has 102 valence electrons. The van der Waals surface area contributed by atoms with Crippen molar-refractivity contribution in [3.8, 4) is 0 Å². The van der Waals surface area contributed by atoms with Crippen LogP contribution in [0, 0.1) is 0 Å². The summed E-state index contributed by atoms with van der Waals surface area (Å²) in [5.41, 5.74) is 2.82. The number of fused-ring (bicyclic) bond motifs is 1. The van der Waals surface area contributed by atoms with Crippen molar-refractivity contribution in [2.45, 2.75) is 26.7 Å². The van der Waals surface area contributed by atoms with Crippen LogP contribution < -0.4 is 0 Å². The number of benzene rings is 3. The molecule has 0 bridgehead atoms. The van der Waals surface area contributed by atoms with Crippen molar-refractivity contribution in [3.05, 3.63) is 83.9 Å². The predicted molar refractivity (Wildman–Crippen MR) is 89.1 cm³/mol. The first kappa shape index (κ1) is 14.3. The van der Waals surface area contributed by atoms with Crippen LogP contribution in [0.5, 0.6) is 0 Å². The van der Waals surface area contributed by atoms with Crippen molar-refractivity contribution in [2.75, 3.05) is 0 Å². The molecule has 0 aliphatic carbocycles. The lowest BCUT2D eigenvalue weighted by Gasteiger charge is -2.04. The second-order valence-corrected chi connectivity index (χ2v) is 4.67. The van der Waals surface area contributed by atoms with Gasteiger partial charge in [0.2, 0.25) is 0 Å². The molecule has 0 N–H and O–H groups in total. The first-order valence-electron chi connectivity index (χ1n) is 7.43. The Labute approximate surface area is 122 Å². The summed E-state index contributed by atoms with van der Waals surface area (Å²) >= 11 is 0. The Balaban J connectivity index is 0.000000704. The summed E-state index contributed by atoms with van der Waals surface area (Å²) in [6.07, 6.45) is 2.22. The Bertz CT molecular complexity index is 638. The summed E-state index contributed by atoms with van der Waals surface area (Å²) in [5.74, 6) is 0. The summed E-state index contributed by atoms with van der Waals surface area (Å²) in [4.78, 5) is 0. The van der Waals surface area contributed by atoms with E-state index in [1.165, 1.54) is 21.9 Å². The first-order valence-corrected chi connectivity index (χ1v) is 7.43. The van der Waals surface area contributed by atoms with Crippen LogP contribution in [0.1, 0.15) is 25.0 Å². The standard InChI is InChI=1S/C18H16.C2H6/c1-2-6-15(7-3-1)10-11-16-12-13-17-8-4-5-9-18(17)14-16;1-2/h1-9,12-14H,10-11H2;1-2H3. The fourth-order valence-electron chi connectivity index (χ4n) is 2.33. The minimum Gasteiger partial charge on any atom is -0.0683 e. The molecule has 0 heteroatoms. The van der Waals surface area contributed by atoms with E-state index >= 15 is 0 Å². The fourth-order valence-corrected chi connectivity index (χ4v) is 2.33. The van der Waals surface area contributed by atoms with Crippen LogP contribution in [0.3, 0.4) is 0 Å². The molecular weight excluding hydrogens is 240 g/mol. The van der Waals surface area contributed by atoms with Gasteiger partial charge >= 0.3 is 0 Å². The second-order valence-electron chi connectivity index (χ2n) is 4.67. The second kappa shape index (κ2) is 7.49. The van der Waals surface area contributed by atoms with Crippen molar-refractivity contribution >= 4 is 10.8 Å². The summed E-state index contributed by atoms with van der Waals surface area (Å²) in [6, 6.07) is 26.0. The predicted octanol–water partition coefficient (Wildman–Crippen LogP) is 5.65. The van der Waals surface area contributed by atoms with Gasteiger partial charge in [0.05, 0.1) is 0 Å². The third kappa shape index (κ3) is 3.71. The van der Waals surface area contributed by atoms with Crippen molar-refractivity contribution < 1.29 is 0 Å². The summed E-state index contributed by atoms with van der Waals surface area (Å²) < 4.78 is 0. The molecule has 0 aliphatic rings. The van der Waals surface area contributed by atoms with Crippen LogP contribution in [-0.2, 0) is 12.8 Å². The average Bonchev–Trinajstić information content (AvgIpc) is 2.55.